The maximum Gasteiger partial charge on any atom is 0.410 e. The highest BCUT2D eigenvalue weighted by Gasteiger charge is 2.25. The first-order chi connectivity index (χ1) is 10.2. The van der Waals surface area contributed by atoms with Gasteiger partial charge in [0.1, 0.15) is 5.60 Å². The molecule has 1 aromatic rings. The molecule has 0 unspecified atom stereocenters. The molecule has 22 heavy (non-hydrogen) atoms. The van der Waals surface area contributed by atoms with E-state index in [2.05, 4.69) is 26.9 Å². The smallest absolute Gasteiger partial charge is 0.410 e. The van der Waals surface area contributed by atoms with Crippen molar-refractivity contribution in [3.05, 3.63) is 28.2 Å². The van der Waals surface area contributed by atoms with E-state index < -0.39 is 5.60 Å². The number of halogens is 1. The Morgan fingerprint density at radius 3 is 2.41 bits per heavy atom. The number of benzene rings is 1. The lowest BCUT2D eigenvalue weighted by atomic mass is 10.2. The minimum Gasteiger partial charge on any atom is -0.444 e. The molecule has 2 N–H and O–H groups in total. The summed E-state index contributed by atoms with van der Waals surface area (Å²) < 4.78 is 6.40. The van der Waals surface area contributed by atoms with Crippen molar-refractivity contribution in [1.82, 2.24) is 9.80 Å². The van der Waals surface area contributed by atoms with E-state index >= 15 is 0 Å². The van der Waals surface area contributed by atoms with Crippen LogP contribution in [0.25, 0.3) is 0 Å². The van der Waals surface area contributed by atoms with Crippen molar-refractivity contribution in [3.63, 3.8) is 0 Å². The maximum absolute atomic E-state index is 12.0. The van der Waals surface area contributed by atoms with E-state index in [1.807, 2.05) is 32.9 Å². The van der Waals surface area contributed by atoms with Crippen molar-refractivity contribution >= 4 is 27.7 Å². The fraction of sp³-hybridized carbons (Fsp3) is 0.562. The number of hydrogen-bond donors (Lipinski definition) is 1. The molecule has 1 aliphatic rings. The Morgan fingerprint density at radius 1 is 1.23 bits per heavy atom. The number of carbonyl (C=O) groups is 1. The van der Waals surface area contributed by atoms with Crippen LogP contribution in [0, 0.1) is 0 Å². The highest BCUT2D eigenvalue weighted by atomic mass is 79.9. The molecule has 1 fully saturated rings. The van der Waals surface area contributed by atoms with Gasteiger partial charge < -0.3 is 15.4 Å². The van der Waals surface area contributed by atoms with Gasteiger partial charge in [-0.05, 0) is 44.5 Å². The van der Waals surface area contributed by atoms with E-state index in [1.54, 1.807) is 4.90 Å². The number of nitrogens with two attached hydrogens (primary N) is 1. The number of nitrogens with zero attached hydrogens (tertiary/aromatic N) is 2. The number of hydrogen-bond acceptors (Lipinski definition) is 4. The molecule has 0 radical (unpaired) electrons. The van der Waals surface area contributed by atoms with Gasteiger partial charge >= 0.3 is 6.09 Å². The average molecular weight is 370 g/mol. The van der Waals surface area contributed by atoms with Gasteiger partial charge in [0, 0.05) is 42.9 Å². The van der Waals surface area contributed by atoms with Gasteiger partial charge in [0.2, 0.25) is 0 Å². The zero-order chi connectivity index (χ0) is 16.3. The molecule has 2 rings (SSSR count). The van der Waals surface area contributed by atoms with Gasteiger partial charge in [-0.1, -0.05) is 15.9 Å². The van der Waals surface area contributed by atoms with Gasteiger partial charge in [-0.2, -0.15) is 0 Å². The van der Waals surface area contributed by atoms with Gasteiger partial charge in [-0.15, -0.1) is 0 Å². The number of ether oxygens (including phenoxy) is 1. The molecule has 0 aliphatic carbocycles. The fourth-order valence-corrected chi connectivity index (χ4v) is 3.00. The number of anilines is 1. The molecule has 6 heteroatoms. The molecule has 1 aliphatic heterocycles. The maximum atomic E-state index is 12.0. The molecule has 1 amide bonds. The van der Waals surface area contributed by atoms with Crippen molar-refractivity contribution in [3.8, 4) is 0 Å². The van der Waals surface area contributed by atoms with Crippen molar-refractivity contribution in [2.24, 2.45) is 0 Å². The molecule has 5 nitrogen and oxygen atoms in total. The van der Waals surface area contributed by atoms with Crippen LogP contribution in [0.5, 0.6) is 0 Å². The van der Waals surface area contributed by atoms with E-state index in [9.17, 15) is 4.79 Å². The first kappa shape index (κ1) is 17.1. The Morgan fingerprint density at radius 2 is 1.86 bits per heavy atom. The second-order valence-corrected chi connectivity index (χ2v) is 7.55. The van der Waals surface area contributed by atoms with E-state index in [0.29, 0.717) is 13.1 Å². The van der Waals surface area contributed by atoms with Crippen LogP contribution in [0.4, 0.5) is 10.5 Å². The number of amides is 1. The first-order valence-corrected chi connectivity index (χ1v) is 8.27. The third kappa shape index (κ3) is 5.18. The Labute approximate surface area is 140 Å². The van der Waals surface area contributed by atoms with Crippen LogP contribution in [-0.2, 0) is 11.3 Å². The normalized spacial score (nSPS) is 16.6. The summed E-state index contributed by atoms with van der Waals surface area (Å²) in [6, 6.07) is 5.96. The molecule has 1 aromatic carbocycles. The summed E-state index contributed by atoms with van der Waals surface area (Å²) in [6.07, 6.45) is -0.223. The highest BCUT2D eigenvalue weighted by Crippen LogP contribution is 2.19. The standard InChI is InChI=1S/C16H24BrN3O2/c1-16(2,3)22-15(21)20-6-4-19(5-7-20)11-12-8-13(17)10-14(18)9-12/h8-10H,4-7,11,18H2,1-3H3. The Balaban J connectivity index is 1.86. The summed E-state index contributed by atoms with van der Waals surface area (Å²) in [5, 5.41) is 0. The predicted molar refractivity (Wildman–Crippen MR) is 91.6 cm³/mol. The third-order valence-corrected chi connectivity index (χ3v) is 3.87. The lowest BCUT2D eigenvalue weighted by molar-refractivity contribution is 0.0139. The minimum absolute atomic E-state index is 0.223. The number of rotatable bonds is 2. The van der Waals surface area contributed by atoms with E-state index in [-0.39, 0.29) is 6.09 Å². The zero-order valence-electron chi connectivity index (χ0n) is 13.4. The molecule has 0 saturated carbocycles. The lowest BCUT2D eigenvalue weighted by Gasteiger charge is -2.35. The predicted octanol–water partition coefficient (Wildman–Crippen LogP) is 3.08. The molecular formula is C16H24BrN3O2. The summed E-state index contributed by atoms with van der Waals surface area (Å²) in [5.74, 6) is 0. The molecule has 0 spiro atoms. The van der Waals surface area contributed by atoms with Crippen molar-refractivity contribution in [1.29, 1.82) is 0 Å². The second kappa shape index (κ2) is 6.87. The van der Waals surface area contributed by atoms with E-state index in [1.165, 1.54) is 5.56 Å². The number of carbonyl (C=O) groups excluding carboxylic acids is 1. The average Bonchev–Trinajstić information content (AvgIpc) is 2.36. The van der Waals surface area contributed by atoms with Gasteiger partial charge in [0.15, 0.2) is 0 Å². The zero-order valence-corrected chi connectivity index (χ0v) is 15.0. The van der Waals surface area contributed by atoms with Crippen LogP contribution in [0.15, 0.2) is 22.7 Å². The van der Waals surface area contributed by atoms with Crippen LogP contribution in [0.1, 0.15) is 26.3 Å². The van der Waals surface area contributed by atoms with Gasteiger partial charge in [0.25, 0.3) is 0 Å². The van der Waals surface area contributed by atoms with Crippen LogP contribution in [0.2, 0.25) is 0 Å². The quantitative estimate of drug-likeness (QED) is 0.813. The second-order valence-electron chi connectivity index (χ2n) is 6.64. The van der Waals surface area contributed by atoms with Crippen LogP contribution in [-0.4, -0.2) is 47.7 Å². The molecule has 0 atom stereocenters. The largest absolute Gasteiger partial charge is 0.444 e. The van der Waals surface area contributed by atoms with Gasteiger partial charge in [-0.3, -0.25) is 4.90 Å². The number of nitrogen functional groups attached to an aromatic ring is 1. The molecule has 0 aromatic heterocycles. The summed E-state index contributed by atoms with van der Waals surface area (Å²) in [5.41, 5.74) is 7.36. The summed E-state index contributed by atoms with van der Waals surface area (Å²) in [4.78, 5) is 16.1. The molecule has 122 valence electrons. The fourth-order valence-electron chi connectivity index (χ4n) is 2.44. The molecule has 0 bridgehead atoms. The summed E-state index contributed by atoms with van der Waals surface area (Å²) >= 11 is 3.47. The lowest BCUT2D eigenvalue weighted by Crippen LogP contribution is -2.49. The van der Waals surface area contributed by atoms with Crippen LogP contribution < -0.4 is 5.73 Å². The topological polar surface area (TPSA) is 58.8 Å². The van der Waals surface area contributed by atoms with Crippen molar-refractivity contribution in [2.45, 2.75) is 32.9 Å². The summed E-state index contributed by atoms with van der Waals surface area (Å²) in [7, 11) is 0. The number of piperazine rings is 1. The van der Waals surface area contributed by atoms with E-state index in [0.717, 1.165) is 29.8 Å². The third-order valence-electron chi connectivity index (χ3n) is 3.41. The molecule has 1 heterocycles. The Bertz CT molecular complexity index is 514. The Kier molecular flexibility index (Phi) is 5.34. The van der Waals surface area contributed by atoms with Crippen LogP contribution >= 0.6 is 15.9 Å². The van der Waals surface area contributed by atoms with Crippen molar-refractivity contribution in [2.75, 3.05) is 31.9 Å². The molecule has 1 saturated heterocycles. The van der Waals surface area contributed by atoms with Crippen LogP contribution in [0.3, 0.4) is 0 Å². The SMILES string of the molecule is CC(C)(C)OC(=O)N1CCN(Cc2cc(N)cc(Br)c2)CC1. The Hall–Kier alpha value is -1.27. The molecular weight excluding hydrogens is 346 g/mol. The highest BCUT2D eigenvalue weighted by molar-refractivity contribution is 9.10. The first-order valence-electron chi connectivity index (χ1n) is 7.48. The van der Waals surface area contributed by atoms with E-state index in [4.69, 9.17) is 10.5 Å². The minimum atomic E-state index is -0.442. The van der Waals surface area contributed by atoms with Crippen molar-refractivity contribution < 1.29 is 9.53 Å². The van der Waals surface area contributed by atoms with Gasteiger partial charge in [-0.25, -0.2) is 4.79 Å². The monoisotopic (exact) mass is 369 g/mol. The van der Waals surface area contributed by atoms with Gasteiger partial charge in [0.05, 0.1) is 0 Å². The summed E-state index contributed by atoms with van der Waals surface area (Å²) in [6.45, 7) is 9.57.